The van der Waals surface area contributed by atoms with Gasteiger partial charge in [-0.3, -0.25) is 9.69 Å². The largest absolute Gasteiger partial charge is 0.353 e. The summed E-state index contributed by atoms with van der Waals surface area (Å²) in [6.45, 7) is 3.47. The minimum atomic E-state index is -0.445. The maximum Gasteiger partial charge on any atom is 0.242 e. The first-order chi connectivity index (χ1) is 10.1. The highest BCUT2D eigenvalue weighted by molar-refractivity contribution is 6.31. The minimum absolute atomic E-state index is 0.0643. The van der Waals surface area contributed by atoms with E-state index in [1.807, 2.05) is 23.1 Å². The van der Waals surface area contributed by atoms with Crippen LogP contribution in [0.25, 0.3) is 0 Å². The summed E-state index contributed by atoms with van der Waals surface area (Å²) in [7, 11) is 0. The van der Waals surface area contributed by atoms with Gasteiger partial charge in [-0.15, -0.1) is 0 Å². The van der Waals surface area contributed by atoms with E-state index < -0.39 is 6.04 Å². The molecule has 3 rings (SSSR count). The highest BCUT2D eigenvalue weighted by Crippen LogP contribution is 2.30. The quantitative estimate of drug-likeness (QED) is 0.934. The number of benzene rings is 1. The van der Waals surface area contributed by atoms with E-state index in [4.69, 9.17) is 16.1 Å². The van der Waals surface area contributed by atoms with Gasteiger partial charge in [0.25, 0.3) is 0 Å². The Morgan fingerprint density at radius 2 is 2.29 bits per heavy atom. The number of amides is 1. The highest BCUT2D eigenvalue weighted by atomic mass is 35.5. The van der Waals surface area contributed by atoms with E-state index in [1.54, 1.807) is 13.0 Å². The third-order valence-electron chi connectivity index (χ3n) is 3.42. The maximum absolute atomic E-state index is 12.3. The second kappa shape index (κ2) is 5.83. The van der Waals surface area contributed by atoms with Gasteiger partial charge < -0.3 is 9.84 Å². The van der Waals surface area contributed by atoms with E-state index in [9.17, 15) is 4.79 Å². The molecule has 21 heavy (non-hydrogen) atoms. The highest BCUT2D eigenvalue weighted by Gasteiger charge is 2.33. The van der Waals surface area contributed by atoms with E-state index in [0.717, 1.165) is 5.56 Å². The van der Waals surface area contributed by atoms with Gasteiger partial charge in [0.1, 0.15) is 6.04 Å². The van der Waals surface area contributed by atoms with Crippen molar-refractivity contribution in [3.05, 3.63) is 46.6 Å². The molecule has 1 unspecified atom stereocenters. The number of hydrogen-bond donors (Lipinski definition) is 1. The summed E-state index contributed by atoms with van der Waals surface area (Å²) in [5, 5.41) is 7.23. The van der Waals surface area contributed by atoms with Crippen LogP contribution in [-0.2, 0) is 11.3 Å². The summed E-state index contributed by atoms with van der Waals surface area (Å²) >= 11 is 6.24. The van der Waals surface area contributed by atoms with Gasteiger partial charge in [0.15, 0.2) is 5.82 Å². The van der Waals surface area contributed by atoms with Crippen molar-refractivity contribution in [1.29, 1.82) is 0 Å². The number of carbonyl (C=O) groups is 1. The lowest BCUT2D eigenvalue weighted by Gasteiger charge is -2.34. The van der Waals surface area contributed by atoms with E-state index in [2.05, 4.69) is 15.5 Å². The third-order valence-corrected chi connectivity index (χ3v) is 3.76. The Hall–Kier alpha value is -1.92. The summed E-state index contributed by atoms with van der Waals surface area (Å²) in [4.78, 5) is 18.5. The van der Waals surface area contributed by atoms with Crippen LogP contribution in [0.15, 0.2) is 28.8 Å². The smallest absolute Gasteiger partial charge is 0.242 e. The van der Waals surface area contributed by atoms with Crippen LogP contribution in [0.5, 0.6) is 0 Å². The van der Waals surface area contributed by atoms with Crippen LogP contribution in [0.1, 0.15) is 23.3 Å². The average Bonchev–Trinajstić information content (AvgIpc) is 2.86. The lowest BCUT2D eigenvalue weighted by Crippen LogP contribution is -2.49. The Morgan fingerprint density at radius 3 is 3.00 bits per heavy atom. The zero-order chi connectivity index (χ0) is 14.8. The summed E-state index contributed by atoms with van der Waals surface area (Å²) in [6.07, 6.45) is 0. The SMILES string of the molecule is Cc1noc(CN2CCNC(=O)C2c2ccccc2Cl)n1. The first-order valence-electron chi connectivity index (χ1n) is 6.70. The number of carbonyl (C=O) groups excluding carboxylic acids is 1. The third kappa shape index (κ3) is 2.91. The topological polar surface area (TPSA) is 71.3 Å². The fraction of sp³-hybridized carbons (Fsp3) is 0.357. The van der Waals surface area contributed by atoms with Gasteiger partial charge in [0, 0.05) is 18.1 Å². The standard InChI is InChI=1S/C14H15ClN4O2/c1-9-17-12(21-18-9)8-19-7-6-16-14(20)13(19)10-4-2-3-5-11(10)15/h2-5,13H,6-8H2,1H3,(H,16,20). The number of nitrogens with one attached hydrogen (secondary N) is 1. The van der Waals surface area contributed by atoms with Crippen LogP contribution < -0.4 is 5.32 Å². The molecule has 1 atom stereocenters. The Kier molecular flexibility index (Phi) is 3.90. The molecule has 2 aromatic rings. The lowest BCUT2D eigenvalue weighted by molar-refractivity contribution is -0.129. The molecule has 7 heteroatoms. The fourth-order valence-corrected chi connectivity index (χ4v) is 2.74. The molecule has 0 radical (unpaired) electrons. The predicted molar refractivity (Wildman–Crippen MR) is 76.6 cm³/mol. The molecule has 0 bridgehead atoms. The van der Waals surface area contributed by atoms with Crippen molar-refractivity contribution in [2.45, 2.75) is 19.5 Å². The average molecular weight is 307 g/mol. The Balaban J connectivity index is 1.90. The molecule has 1 aliphatic rings. The Bertz CT molecular complexity index is 658. The summed E-state index contributed by atoms with van der Waals surface area (Å²) in [5.74, 6) is 1.02. The maximum atomic E-state index is 12.3. The van der Waals surface area contributed by atoms with Crippen molar-refractivity contribution in [2.24, 2.45) is 0 Å². The normalized spacial score (nSPS) is 19.5. The molecule has 1 aromatic carbocycles. The predicted octanol–water partition coefficient (Wildman–Crippen LogP) is 1.70. The molecule has 110 valence electrons. The number of piperazine rings is 1. The molecular formula is C14H15ClN4O2. The molecule has 1 amide bonds. The molecule has 2 heterocycles. The van der Waals surface area contributed by atoms with E-state index in [-0.39, 0.29) is 5.91 Å². The van der Waals surface area contributed by atoms with E-state index in [1.165, 1.54) is 0 Å². The molecule has 0 aliphatic carbocycles. The lowest BCUT2D eigenvalue weighted by atomic mass is 10.0. The van der Waals surface area contributed by atoms with Crippen LogP contribution in [0, 0.1) is 6.92 Å². The molecule has 6 nitrogen and oxygen atoms in total. The molecule has 1 fully saturated rings. The van der Waals surface area contributed by atoms with Gasteiger partial charge in [-0.05, 0) is 18.6 Å². The van der Waals surface area contributed by atoms with Gasteiger partial charge >= 0.3 is 0 Å². The van der Waals surface area contributed by atoms with Crippen LogP contribution in [-0.4, -0.2) is 34.0 Å². The number of halogens is 1. The summed E-state index contributed by atoms with van der Waals surface area (Å²) in [6, 6.07) is 6.92. The van der Waals surface area contributed by atoms with Crippen LogP contribution in [0.4, 0.5) is 0 Å². The molecule has 1 aliphatic heterocycles. The molecule has 1 N–H and O–H groups in total. The van der Waals surface area contributed by atoms with Crippen molar-refractivity contribution in [2.75, 3.05) is 13.1 Å². The van der Waals surface area contributed by atoms with Crippen LogP contribution >= 0.6 is 11.6 Å². The molecule has 1 aromatic heterocycles. The number of aromatic nitrogens is 2. The van der Waals surface area contributed by atoms with Gasteiger partial charge in [-0.25, -0.2) is 0 Å². The summed E-state index contributed by atoms with van der Waals surface area (Å²) in [5.41, 5.74) is 0.785. The molecular weight excluding hydrogens is 292 g/mol. The van der Waals surface area contributed by atoms with E-state index in [0.29, 0.717) is 36.4 Å². The van der Waals surface area contributed by atoms with Crippen molar-refractivity contribution in [3.8, 4) is 0 Å². The number of aryl methyl sites for hydroxylation is 1. The van der Waals surface area contributed by atoms with Crippen LogP contribution in [0.3, 0.4) is 0 Å². The van der Waals surface area contributed by atoms with Crippen molar-refractivity contribution < 1.29 is 9.32 Å². The summed E-state index contributed by atoms with van der Waals surface area (Å²) < 4.78 is 5.15. The van der Waals surface area contributed by atoms with Gasteiger partial charge in [0.2, 0.25) is 11.8 Å². The Labute approximate surface area is 127 Å². The van der Waals surface area contributed by atoms with Gasteiger partial charge in [-0.2, -0.15) is 4.98 Å². The second-order valence-electron chi connectivity index (χ2n) is 4.92. The van der Waals surface area contributed by atoms with E-state index >= 15 is 0 Å². The van der Waals surface area contributed by atoms with Crippen LogP contribution in [0.2, 0.25) is 5.02 Å². The number of rotatable bonds is 3. The fourth-order valence-electron chi connectivity index (χ4n) is 2.50. The molecule has 0 saturated carbocycles. The van der Waals surface area contributed by atoms with Crippen molar-refractivity contribution in [1.82, 2.24) is 20.4 Å². The van der Waals surface area contributed by atoms with Gasteiger partial charge in [0.05, 0.1) is 6.54 Å². The molecule has 1 saturated heterocycles. The monoisotopic (exact) mass is 306 g/mol. The zero-order valence-corrected chi connectivity index (χ0v) is 12.3. The first kappa shape index (κ1) is 14.0. The molecule has 0 spiro atoms. The minimum Gasteiger partial charge on any atom is -0.353 e. The number of hydrogen-bond acceptors (Lipinski definition) is 5. The van der Waals surface area contributed by atoms with Gasteiger partial charge in [-0.1, -0.05) is 35.0 Å². The zero-order valence-electron chi connectivity index (χ0n) is 11.5. The second-order valence-corrected chi connectivity index (χ2v) is 5.33. The number of nitrogens with zero attached hydrogens (tertiary/aromatic N) is 3. The van der Waals surface area contributed by atoms with Crippen molar-refractivity contribution >= 4 is 17.5 Å². The first-order valence-corrected chi connectivity index (χ1v) is 7.08. The Morgan fingerprint density at radius 1 is 1.48 bits per heavy atom. The van der Waals surface area contributed by atoms with Crippen molar-refractivity contribution in [3.63, 3.8) is 0 Å².